The van der Waals surface area contributed by atoms with Crippen LogP contribution >= 0.6 is 0 Å². The van der Waals surface area contributed by atoms with Crippen LogP contribution in [0.25, 0.3) is 0 Å². The second kappa shape index (κ2) is 8.99. The Bertz CT molecular complexity index is 700. The molecule has 0 fully saturated rings. The summed E-state index contributed by atoms with van der Waals surface area (Å²) in [5, 5.41) is 0. The van der Waals surface area contributed by atoms with E-state index < -0.39 is 22.4 Å². The lowest BCUT2D eigenvalue weighted by atomic mass is 10.1. The third-order valence-corrected chi connectivity index (χ3v) is 4.51. The van der Waals surface area contributed by atoms with E-state index in [1.807, 2.05) is 27.7 Å². The van der Waals surface area contributed by atoms with Crippen molar-refractivity contribution < 1.29 is 22.7 Å². The van der Waals surface area contributed by atoms with Crippen molar-refractivity contribution in [1.29, 1.82) is 0 Å². The van der Waals surface area contributed by atoms with E-state index in [-0.39, 0.29) is 16.4 Å². The molecule has 0 aliphatic heterocycles. The number of amides is 1. The Kier molecular flexibility index (Phi) is 7.60. The van der Waals surface area contributed by atoms with Crippen LogP contribution in [0.15, 0.2) is 29.2 Å². The highest BCUT2D eigenvalue weighted by Crippen LogP contribution is 2.16. The van der Waals surface area contributed by atoms with E-state index >= 15 is 0 Å². The van der Waals surface area contributed by atoms with E-state index in [1.54, 1.807) is 11.0 Å². The first kappa shape index (κ1) is 21.2. The number of sulfone groups is 1. The first-order chi connectivity index (χ1) is 11.5. The van der Waals surface area contributed by atoms with Gasteiger partial charge in [-0.05, 0) is 24.0 Å². The zero-order valence-corrected chi connectivity index (χ0v) is 16.3. The predicted octanol–water partition coefficient (Wildman–Crippen LogP) is 2.39. The Morgan fingerprint density at radius 1 is 1.04 bits per heavy atom. The number of carbonyl (C=O) groups excluding carboxylic acids is 2. The summed E-state index contributed by atoms with van der Waals surface area (Å²) < 4.78 is 28.6. The number of rotatable bonds is 8. The van der Waals surface area contributed by atoms with E-state index in [9.17, 15) is 18.0 Å². The molecule has 1 amide bonds. The minimum absolute atomic E-state index is 0.0583. The molecule has 1 aromatic carbocycles. The maximum absolute atomic E-state index is 12.4. The number of hydrogen-bond acceptors (Lipinski definition) is 5. The van der Waals surface area contributed by atoms with Gasteiger partial charge in [-0.15, -0.1) is 0 Å². The van der Waals surface area contributed by atoms with Crippen molar-refractivity contribution in [3.63, 3.8) is 0 Å². The molecule has 6 nitrogen and oxygen atoms in total. The monoisotopic (exact) mass is 369 g/mol. The zero-order valence-electron chi connectivity index (χ0n) is 15.5. The fourth-order valence-electron chi connectivity index (χ4n) is 2.41. The van der Waals surface area contributed by atoms with Crippen molar-refractivity contribution in [2.24, 2.45) is 11.8 Å². The van der Waals surface area contributed by atoms with Crippen LogP contribution in [0.4, 0.5) is 0 Å². The average Bonchev–Trinajstić information content (AvgIpc) is 2.49. The van der Waals surface area contributed by atoms with Crippen LogP contribution in [-0.4, -0.2) is 51.1 Å². The van der Waals surface area contributed by atoms with E-state index in [2.05, 4.69) is 0 Å². The molecule has 0 N–H and O–H groups in total. The van der Waals surface area contributed by atoms with E-state index in [4.69, 9.17) is 4.74 Å². The van der Waals surface area contributed by atoms with Crippen LogP contribution in [-0.2, 0) is 19.4 Å². The first-order valence-electron chi connectivity index (χ1n) is 8.26. The van der Waals surface area contributed by atoms with Gasteiger partial charge in [-0.3, -0.25) is 4.79 Å². The van der Waals surface area contributed by atoms with Gasteiger partial charge in [0.1, 0.15) is 0 Å². The van der Waals surface area contributed by atoms with Crippen LogP contribution in [0.2, 0.25) is 0 Å². The Morgan fingerprint density at radius 3 is 2.04 bits per heavy atom. The van der Waals surface area contributed by atoms with Crippen LogP contribution in [0.5, 0.6) is 0 Å². The van der Waals surface area contributed by atoms with E-state index in [0.29, 0.717) is 24.9 Å². The largest absolute Gasteiger partial charge is 0.452 e. The molecule has 0 heterocycles. The fourth-order valence-corrected chi connectivity index (χ4v) is 3.29. The third-order valence-electron chi connectivity index (χ3n) is 3.36. The average molecular weight is 369 g/mol. The standard InChI is InChI=1S/C18H27NO5S/c1-13(2)10-19(11-14(3)4)17(20)12-24-18(21)15-8-6-7-9-16(15)25(5,22)23/h6-9,13-14H,10-12H2,1-5H3. The summed E-state index contributed by atoms with van der Waals surface area (Å²) in [5.41, 5.74) is -0.0583. The molecular weight excluding hydrogens is 342 g/mol. The number of carbonyl (C=O) groups is 2. The molecule has 0 saturated carbocycles. The van der Waals surface area contributed by atoms with Crippen molar-refractivity contribution >= 4 is 21.7 Å². The zero-order chi connectivity index (χ0) is 19.2. The third kappa shape index (κ3) is 6.86. The Hall–Kier alpha value is -1.89. The van der Waals surface area contributed by atoms with Gasteiger partial charge in [0.15, 0.2) is 16.4 Å². The van der Waals surface area contributed by atoms with Gasteiger partial charge in [-0.2, -0.15) is 0 Å². The van der Waals surface area contributed by atoms with Crippen molar-refractivity contribution in [3.8, 4) is 0 Å². The lowest BCUT2D eigenvalue weighted by Gasteiger charge is -2.26. The lowest BCUT2D eigenvalue weighted by Crippen LogP contribution is -2.39. The lowest BCUT2D eigenvalue weighted by molar-refractivity contribution is -0.135. The molecule has 1 aromatic rings. The molecule has 0 radical (unpaired) electrons. The molecule has 0 aromatic heterocycles. The summed E-state index contributed by atoms with van der Waals surface area (Å²) in [6, 6.07) is 5.81. The molecule has 1 rings (SSSR count). The molecule has 0 aliphatic carbocycles. The minimum atomic E-state index is -3.56. The van der Waals surface area contributed by atoms with Gasteiger partial charge in [0.05, 0.1) is 10.5 Å². The van der Waals surface area contributed by atoms with Crippen molar-refractivity contribution in [1.82, 2.24) is 4.90 Å². The summed E-state index contributed by atoms with van der Waals surface area (Å²) in [5.74, 6) is -0.510. The topological polar surface area (TPSA) is 80.8 Å². The maximum Gasteiger partial charge on any atom is 0.339 e. The van der Waals surface area contributed by atoms with Crippen LogP contribution in [0.3, 0.4) is 0 Å². The predicted molar refractivity (Wildman–Crippen MR) is 96.1 cm³/mol. The molecule has 7 heteroatoms. The summed E-state index contributed by atoms with van der Waals surface area (Å²) >= 11 is 0. The highest BCUT2D eigenvalue weighted by molar-refractivity contribution is 7.90. The summed E-state index contributed by atoms with van der Waals surface area (Å²) in [4.78, 5) is 26.2. The Balaban J connectivity index is 2.83. The van der Waals surface area contributed by atoms with Gasteiger partial charge in [-0.1, -0.05) is 39.8 Å². The quantitative estimate of drug-likeness (QED) is 0.657. The van der Waals surface area contributed by atoms with Crippen molar-refractivity contribution in [2.75, 3.05) is 26.0 Å². The van der Waals surface area contributed by atoms with Crippen molar-refractivity contribution in [3.05, 3.63) is 29.8 Å². The van der Waals surface area contributed by atoms with E-state index in [1.165, 1.54) is 18.2 Å². The second-order valence-electron chi connectivity index (χ2n) is 6.93. The molecule has 0 bridgehead atoms. The summed E-state index contributed by atoms with van der Waals surface area (Å²) in [6.07, 6.45) is 1.03. The molecule has 0 unspecified atom stereocenters. The molecule has 0 aliphatic rings. The highest BCUT2D eigenvalue weighted by atomic mass is 32.2. The molecule has 25 heavy (non-hydrogen) atoms. The van der Waals surface area contributed by atoms with Crippen LogP contribution in [0, 0.1) is 11.8 Å². The molecular formula is C18H27NO5S. The first-order valence-corrected chi connectivity index (χ1v) is 10.2. The van der Waals surface area contributed by atoms with Gasteiger partial charge in [-0.25, -0.2) is 13.2 Å². The molecule has 0 atom stereocenters. The van der Waals surface area contributed by atoms with Crippen LogP contribution < -0.4 is 0 Å². The van der Waals surface area contributed by atoms with Gasteiger partial charge < -0.3 is 9.64 Å². The van der Waals surface area contributed by atoms with E-state index in [0.717, 1.165) is 6.26 Å². The van der Waals surface area contributed by atoms with Gasteiger partial charge in [0, 0.05) is 19.3 Å². The van der Waals surface area contributed by atoms with Crippen molar-refractivity contribution in [2.45, 2.75) is 32.6 Å². The molecule has 140 valence electrons. The highest BCUT2D eigenvalue weighted by Gasteiger charge is 2.22. The normalized spacial score (nSPS) is 11.6. The maximum atomic E-state index is 12.4. The minimum Gasteiger partial charge on any atom is -0.452 e. The number of nitrogens with zero attached hydrogens (tertiary/aromatic N) is 1. The smallest absolute Gasteiger partial charge is 0.339 e. The van der Waals surface area contributed by atoms with Crippen LogP contribution in [0.1, 0.15) is 38.1 Å². The van der Waals surface area contributed by atoms with Gasteiger partial charge in [0.2, 0.25) is 0 Å². The van der Waals surface area contributed by atoms with Gasteiger partial charge in [0.25, 0.3) is 5.91 Å². The fraction of sp³-hybridized carbons (Fsp3) is 0.556. The summed E-state index contributed by atoms with van der Waals surface area (Å²) in [7, 11) is -3.56. The number of esters is 1. The molecule has 0 spiro atoms. The molecule has 0 saturated heterocycles. The number of benzene rings is 1. The second-order valence-corrected chi connectivity index (χ2v) is 8.92. The summed E-state index contributed by atoms with van der Waals surface area (Å²) in [6.45, 7) is 8.78. The number of hydrogen-bond donors (Lipinski definition) is 0. The Morgan fingerprint density at radius 2 is 1.56 bits per heavy atom. The Labute approximate surface area is 150 Å². The van der Waals surface area contributed by atoms with Gasteiger partial charge >= 0.3 is 5.97 Å². The number of ether oxygens (including phenoxy) is 1. The SMILES string of the molecule is CC(C)CN(CC(C)C)C(=O)COC(=O)c1ccccc1S(C)(=O)=O.